The number of benzene rings is 2. The van der Waals surface area contributed by atoms with Crippen molar-refractivity contribution in [1.82, 2.24) is 0 Å². The van der Waals surface area contributed by atoms with Crippen molar-refractivity contribution in [2.75, 3.05) is 14.2 Å². The molecule has 3 heteroatoms. The van der Waals surface area contributed by atoms with Crippen molar-refractivity contribution in [3.8, 4) is 17.6 Å². The molecule has 0 spiro atoms. The number of hydrogen-bond donors (Lipinski definition) is 0. The van der Waals surface area contributed by atoms with Gasteiger partial charge in [0, 0.05) is 5.56 Å². The first-order valence-corrected chi connectivity index (χ1v) is 5.96. The highest BCUT2D eigenvalue weighted by Crippen LogP contribution is 2.31. The lowest BCUT2D eigenvalue weighted by Crippen LogP contribution is -2.01. The Morgan fingerprint density at radius 2 is 1.63 bits per heavy atom. The monoisotopic (exact) mass is 253 g/mol. The summed E-state index contributed by atoms with van der Waals surface area (Å²) in [5.74, 6) is 1.16. The number of nitriles is 1. The van der Waals surface area contributed by atoms with E-state index in [-0.39, 0.29) is 5.92 Å². The molecule has 0 bridgehead atoms. The second-order valence-electron chi connectivity index (χ2n) is 4.08. The van der Waals surface area contributed by atoms with Gasteiger partial charge in [-0.15, -0.1) is 0 Å². The average molecular weight is 253 g/mol. The van der Waals surface area contributed by atoms with E-state index < -0.39 is 0 Å². The topological polar surface area (TPSA) is 42.2 Å². The second kappa shape index (κ2) is 5.92. The number of hydrogen-bond acceptors (Lipinski definition) is 3. The van der Waals surface area contributed by atoms with Crippen molar-refractivity contribution < 1.29 is 9.47 Å². The Labute approximate surface area is 113 Å². The normalized spacial score (nSPS) is 11.4. The number of para-hydroxylation sites is 1. The molecule has 0 fully saturated rings. The Morgan fingerprint density at radius 1 is 0.947 bits per heavy atom. The number of methoxy groups -OCH3 is 2. The van der Waals surface area contributed by atoms with Crippen LogP contribution in [0, 0.1) is 11.3 Å². The van der Waals surface area contributed by atoms with Crippen LogP contribution in [0.5, 0.6) is 11.5 Å². The summed E-state index contributed by atoms with van der Waals surface area (Å²) in [5, 5.41) is 9.44. The molecule has 0 N–H and O–H groups in total. The quantitative estimate of drug-likeness (QED) is 0.839. The molecule has 3 nitrogen and oxygen atoms in total. The van der Waals surface area contributed by atoms with Gasteiger partial charge in [0.05, 0.1) is 26.2 Å². The van der Waals surface area contributed by atoms with E-state index in [1.165, 1.54) is 0 Å². The molecule has 2 aromatic carbocycles. The zero-order chi connectivity index (χ0) is 13.7. The first-order chi connectivity index (χ1) is 9.30. The van der Waals surface area contributed by atoms with Gasteiger partial charge in [0.2, 0.25) is 0 Å². The highest BCUT2D eigenvalue weighted by molar-refractivity contribution is 5.46. The van der Waals surface area contributed by atoms with Crippen LogP contribution < -0.4 is 9.47 Å². The molecule has 0 aromatic heterocycles. The third-order valence-corrected chi connectivity index (χ3v) is 3.03. The van der Waals surface area contributed by atoms with E-state index in [4.69, 9.17) is 9.47 Å². The van der Waals surface area contributed by atoms with E-state index >= 15 is 0 Å². The van der Waals surface area contributed by atoms with Gasteiger partial charge in [0.15, 0.2) is 0 Å². The Bertz CT molecular complexity index is 584. The largest absolute Gasteiger partial charge is 0.497 e. The lowest BCUT2D eigenvalue weighted by molar-refractivity contribution is 0.409. The maximum atomic E-state index is 9.44. The third-order valence-electron chi connectivity index (χ3n) is 3.03. The fraction of sp³-hybridized carbons (Fsp3) is 0.188. The molecule has 19 heavy (non-hydrogen) atoms. The van der Waals surface area contributed by atoms with E-state index in [0.717, 1.165) is 22.6 Å². The first kappa shape index (κ1) is 13.0. The molecule has 0 saturated carbocycles. The summed E-state index contributed by atoms with van der Waals surface area (Å²) in [6.45, 7) is 0. The molecular weight excluding hydrogens is 238 g/mol. The molecule has 0 aliphatic carbocycles. The number of nitrogens with zero attached hydrogens (tertiary/aromatic N) is 1. The summed E-state index contributed by atoms with van der Waals surface area (Å²) >= 11 is 0. The lowest BCUT2D eigenvalue weighted by Gasteiger charge is -2.14. The lowest BCUT2D eigenvalue weighted by atomic mass is 9.92. The fourth-order valence-electron chi connectivity index (χ4n) is 2.02. The third kappa shape index (κ3) is 2.69. The Kier molecular flexibility index (Phi) is 4.04. The summed E-state index contributed by atoms with van der Waals surface area (Å²) in [6.07, 6.45) is 0. The van der Waals surface area contributed by atoms with Gasteiger partial charge >= 0.3 is 0 Å². The van der Waals surface area contributed by atoms with Crippen molar-refractivity contribution in [3.05, 3.63) is 59.7 Å². The smallest absolute Gasteiger partial charge is 0.123 e. The summed E-state index contributed by atoms with van der Waals surface area (Å²) in [7, 11) is 3.23. The molecule has 1 atom stereocenters. The van der Waals surface area contributed by atoms with E-state index in [1.54, 1.807) is 14.2 Å². The van der Waals surface area contributed by atoms with Gasteiger partial charge in [-0.1, -0.05) is 30.3 Å². The maximum absolute atomic E-state index is 9.44. The second-order valence-corrected chi connectivity index (χ2v) is 4.08. The van der Waals surface area contributed by atoms with Crippen LogP contribution in [-0.2, 0) is 0 Å². The van der Waals surface area contributed by atoms with Gasteiger partial charge in [-0.3, -0.25) is 0 Å². The van der Waals surface area contributed by atoms with Crippen LogP contribution in [0.1, 0.15) is 17.0 Å². The van der Waals surface area contributed by atoms with E-state index in [9.17, 15) is 5.26 Å². The van der Waals surface area contributed by atoms with Gasteiger partial charge in [0.25, 0.3) is 0 Å². The summed E-state index contributed by atoms with van der Waals surface area (Å²) < 4.78 is 10.4. The van der Waals surface area contributed by atoms with Crippen molar-refractivity contribution in [3.63, 3.8) is 0 Å². The molecule has 0 aliphatic heterocycles. The van der Waals surface area contributed by atoms with Crippen LogP contribution in [0.4, 0.5) is 0 Å². The molecule has 0 radical (unpaired) electrons. The van der Waals surface area contributed by atoms with Crippen molar-refractivity contribution in [2.24, 2.45) is 0 Å². The minimum Gasteiger partial charge on any atom is -0.497 e. The zero-order valence-electron chi connectivity index (χ0n) is 11.0. The molecule has 2 aromatic rings. The molecule has 0 aliphatic rings. The highest BCUT2D eigenvalue weighted by atomic mass is 16.5. The standard InChI is InChI=1S/C16H15NO2/c1-18-13-9-7-12(8-10-13)15(11-17)14-5-3-4-6-16(14)19-2/h3-10,15H,1-2H3. The molecule has 96 valence electrons. The summed E-state index contributed by atoms with van der Waals surface area (Å²) in [4.78, 5) is 0. The minimum absolute atomic E-state index is 0.345. The van der Waals surface area contributed by atoms with Crippen LogP contribution >= 0.6 is 0 Å². The SMILES string of the molecule is COc1ccc(C(C#N)c2ccccc2OC)cc1. The predicted octanol–water partition coefficient (Wildman–Crippen LogP) is 3.36. The van der Waals surface area contributed by atoms with Crippen LogP contribution in [0.3, 0.4) is 0 Å². The average Bonchev–Trinajstić information content (AvgIpc) is 2.49. The predicted molar refractivity (Wildman–Crippen MR) is 73.4 cm³/mol. The summed E-state index contributed by atoms with van der Waals surface area (Å²) in [6, 6.07) is 17.4. The fourth-order valence-corrected chi connectivity index (χ4v) is 2.02. The highest BCUT2D eigenvalue weighted by Gasteiger charge is 2.17. The summed E-state index contributed by atoms with van der Waals surface area (Å²) in [5.41, 5.74) is 1.80. The molecule has 2 rings (SSSR count). The van der Waals surface area contributed by atoms with Gasteiger partial charge in [-0.05, 0) is 23.8 Å². The van der Waals surface area contributed by atoms with Crippen LogP contribution in [0.15, 0.2) is 48.5 Å². The molecule has 0 amide bonds. The van der Waals surface area contributed by atoms with Gasteiger partial charge in [-0.2, -0.15) is 5.26 Å². The van der Waals surface area contributed by atoms with E-state index in [1.807, 2.05) is 48.5 Å². The van der Waals surface area contributed by atoms with Crippen LogP contribution in [-0.4, -0.2) is 14.2 Å². The van der Waals surface area contributed by atoms with Crippen LogP contribution in [0.25, 0.3) is 0 Å². The number of ether oxygens (including phenoxy) is 2. The van der Waals surface area contributed by atoms with Crippen molar-refractivity contribution in [2.45, 2.75) is 5.92 Å². The first-order valence-electron chi connectivity index (χ1n) is 5.96. The van der Waals surface area contributed by atoms with Gasteiger partial charge in [-0.25, -0.2) is 0 Å². The van der Waals surface area contributed by atoms with E-state index in [2.05, 4.69) is 6.07 Å². The zero-order valence-corrected chi connectivity index (χ0v) is 11.0. The Hall–Kier alpha value is -2.47. The van der Waals surface area contributed by atoms with Gasteiger partial charge < -0.3 is 9.47 Å². The molecular formula is C16H15NO2. The molecule has 1 unspecified atom stereocenters. The van der Waals surface area contributed by atoms with Crippen molar-refractivity contribution in [1.29, 1.82) is 5.26 Å². The van der Waals surface area contributed by atoms with Gasteiger partial charge in [0.1, 0.15) is 11.5 Å². The van der Waals surface area contributed by atoms with Crippen LogP contribution in [0.2, 0.25) is 0 Å². The van der Waals surface area contributed by atoms with E-state index in [0.29, 0.717) is 0 Å². The molecule has 0 saturated heterocycles. The minimum atomic E-state index is -0.345. The Balaban J connectivity index is 2.41. The Morgan fingerprint density at radius 3 is 2.21 bits per heavy atom. The maximum Gasteiger partial charge on any atom is 0.123 e. The molecule has 0 heterocycles. The number of rotatable bonds is 4. The van der Waals surface area contributed by atoms with Crippen molar-refractivity contribution >= 4 is 0 Å².